The van der Waals surface area contributed by atoms with Crippen molar-refractivity contribution in [2.75, 3.05) is 7.11 Å². The molecule has 4 heterocycles. The maximum atomic E-state index is 4.85. The van der Waals surface area contributed by atoms with Gasteiger partial charge in [-0.1, -0.05) is 53.5 Å². The fraction of sp³-hybridized carbons (Fsp3) is 0.0800. The van der Waals surface area contributed by atoms with Crippen LogP contribution < -0.4 is 11.2 Å². The molecule has 30 heavy (non-hydrogen) atoms. The van der Waals surface area contributed by atoms with Crippen molar-refractivity contribution in [3.05, 3.63) is 109 Å². The largest absolute Gasteiger partial charge is 0.809 e. The number of pyridine rings is 3. The molecule has 146 valence electrons. The van der Waals surface area contributed by atoms with E-state index >= 15 is 0 Å². The minimum Gasteiger partial charge on any atom is -0.809 e. The number of rotatable bonds is 3. The van der Waals surface area contributed by atoms with Crippen molar-refractivity contribution in [2.24, 2.45) is 0 Å². The van der Waals surface area contributed by atoms with E-state index in [1.807, 2.05) is 55.0 Å². The van der Waals surface area contributed by atoms with Gasteiger partial charge in [0.2, 0.25) is 5.75 Å². The zero-order valence-corrected chi connectivity index (χ0v) is 17.1. The summed E-state index contributed by atoms with van der Waals surface area (Å²) in [5.74, 6) is 1.09. The van der Waals surface area contributed by atoms with E-state index in [-0.39, 0.29) is 0 Å². The summed E-state index contributed by atoms with van der Waals surface area (Å²) >= 11 is 0. The molecule has 1 aliphatic rings. The van der Waals surface area contributed by atoms with Crippen LogP contribution >= 0.6 is 0 Å². The van der Waals surface area contributed by atoms with Gasteiger partial charge in [-0.3, -0.25) is 15.0 Å². The zero-order valence-electron chi connectivity index (χ0n) is 17.1. The Morgan fingerprint density at radius 2 is 1.23 bits per heavy atom. The molecule has 0 amide bonds. The van der Waals surface area contributed by atoms with Gasteiger partial charge in [-0.15, -0.1) is 0 Å². The summed E-state index contributed by atoms with van der Waals surface area (Å²) in [6, 6.07) is 26.6. The van der Waals surface area contributed by atoms with E-state index in [2.05, 4.69) is 60.8 Å². The van der Waals surface area contributed by atoms with E-state index < -0.39 is 6.35 Å². The Morgan fingerprint density at radius 3 is 1.80 bits per heavy atom. The number of fused-ring (bicyclic) bond motifs is 1. The van der Waals surface area contributed by atoms with Gasteiger partial charge in [0.25, 0.3) is 0 Å². The highest BCUT2D eigenvalue weighted by Crippen LogP contribution is 2.48. The summed E-state index contributed by atoms with van der Waals surface area (Å²) in [5.41, 5.74) is 6.30. The quantitative estimate of drug-likeness (QED) is 0.392. The van der Waals surface area contributed by atoms with Crippen molar-refractivity contribution in [3.8, 4) is 5.75 Å². The van der Waals surface area contributed by atoms with Crippen molar-refractivity contribution in [2.45, 2.75) is 6.92 Å². The molecule has 5 heteroatoms. The summed E-state index contributed by atoms with van der Waals surface area (Å²) in [4.78, 5) is 14.5. The summed E-state index contributed by atoms with van der Waals surface area (Å²) in [7, 11) is 2.07. The van der Waals surface area contributed by atoms with E-state index in [0.29, 0.717) is 0 Å². The number of para-hydroxylation sites is 1. The van der Waals surface area contributed by atoms with Crippen LogP contribution in [0.4, 0.5) is 0 Å². The Morgan fingerprint density at radius 1 is 0.667 bits per heavy atom. The van der Waals surface area contributed by atoms with Gasteiger partial charge in [-0.05, 0) is 48.4 Å². The highest BCUT2D eigenvalue weighted by atomic mass is 16.6. The van der Waals surface area contributed by atoms with Crippen molar-refractivity contribution < 1.29 is 4.28 Å². The van der Waals surface area contributed by atoms with Gasteiger partial charge in [-0.25, -0.2) is 0 Å². The second kappa shape index (κ2) is 7.27. The number of hydrogen-bond acceptors (Lipinski definition) is 3. The predicted molar refractivity (Wildman–Crippen MR) is 123 cm³/mol. The van der Waals surface area contributed by atoms with Gasteiger partial charge in [0.15, 0.2) is 0 Å². The van der Waals surface area contributed by atoms with Crippen LogP contribution in [0.25, 0.3) is 11.0 Å². The van der Waals surface area contributed by atoms with E-state index in [9.17, 15) is 0 Å². The van der Waals surface area contributed by atoms with Crippen LogP contribution in [0, 0.1) is 0 Å². The molecule has 0 saturated carbocycles. The number of aromatic nitrogens is 3. The molecule has 0 atom stereocenters. The molecule has 1 aromatic carbocycles. The predicted octanol–water partition coefficient (Wildman–Crippen LogP) is 4.01. The highest BCUT2D eigenvalue weighted by Gasteiger charge is 2.53. The third-order valence-corrected chi connectivity index (χ3v) is 6.13. The summed E-state index contributed by atoms with van der Waals surface area (Å²) < 4.78 is 3.44. The monoisotopic (exact) mass is 391 g/mol. The number of hydrogen-bond donors (Lipinski definition) is 0. The molecule has 0 aliphatic carbocycles. The lowest BCUT2D eigenvalue weighted by atomic mass is 9.28. The molecule has 0 saturated heterocycles. The molecule has 0 fully saturated rings. The maximum Gasteiger partial charge on any atom is 0.451 e. The zero-order chi connectivity index (χ0) is 20.6. The second-order valence-corrected chi connectivity index (χ2v) is 7.60. The maximum absolute atomic E-state index is 4.85. The van der Waals surface area contributed by atoms with Crippen molar-refractivity contribution in [1.29, 1.82) is 0 Å². The lowest BCUT2D eigenvalue weighted by molar-refractivity contribution is 0.172. The molecule has 5 rings (SSSR count). The Balaban J connectivity index is 1.97. The van der Waals surface area contributed by atoms with Crippen molar-refractivity contribution in [1.82, 2.24) is 15.0 Å². The Hall–Kier alpha value is -3.73. The number of allylic oxidation sites excluding steroid dienone is 1. The lowest BCUT2D eigenvalue weighted by Crippen LogP contribution is -2.68. The Bertz CT molecular complexity index is 1170. The fourth-order valence-electron chi connectivity index (χ4n) is 4.84. The normalized spacial score (nSPS) is 15.1. The molecule has 0 bridgehead atoms. The molecule has 4 nitrogen and oxygen atoms in total. The fourth-order valence-corrected chi connectivity index (χ4v) is 4.84. The van der Waals surface area contributed by atoms with Gasteiger partial charge in [0, 0.05) is 30.4 Å². The summed E-state index contributed by atoms with van der Waals surface area (Å²) in [6.07, 6.45) is 3.81. The summed E-state index contributed by atoms with van der Waals surface area (Å²) in [6.45, 7) is 2.18. The van der Waals surface area contributed by atoms with Gasteiger partial charge < -0.3 is 4.28 Å². The van der Waals surface area contributed by atoms with Gasteiger partial charge in [0.1, 0.15) is 7.11 Å². The van der Waals surface area contributed by atoms with Crippen LogP contribution in [0.3, 0.4) is 0 Å². The first-order valence-corrected chi connectivity index (χ1v) is 10.1. The first-order valence-electron chi connectivity index (χ1n) is 10.1. The molecular formula is C25H22BN3O. The Labute approximate surface area is 176 Å². The number of nitrogens with zero attached hydrogens (tertiary/aromatic N) is 3. The first-order chi connectivity index (χ1) is 14.7. The van der Waals surface area contributed by atoms with Crippen LogP contribution in [0.15, 0.2) is 97.5 Å². The van der Waals surface area contributed by atoms with Crippen molar-refractivity contribution in [3.63, 3.8) is 0 Å². The minimum absolute atomic E-state index is 0.931. The van der Waals surface area contributed by atoms with Gasteiger partial charge in [-0.2, -0.15) is 0 Å². The first kappa shape index (κ1) is 18.3. The van der Waals surface area contributed by atoms with E-state index in [1.165, 1.54) is 11.1 Å². The molecule has 0 spiro atoms. The highest BCUT2D eigenvalue weighted by molar-refractivity contribution is 7.11. The van der Waals surface area contributed by atoms with Crippen LogP contribution in [0.1, 0.15) is 18.2 Å². The SMILES string of the molecule is CC1=C(c2ccccn2)[B-](c2ccccn2)(c2ccccn2)[O+](C)c2ccccc21. The average molecular weight is 391 g/mol. The van der Waals surface area contributed by atoms with E-state index in [4.69, 9.17) is 15.0 Å². The molecule has 4 aromatic rings. The third-order valence-electron chi connectivity index (χ3n) is 6.13. The smallest absolute Gasteiger partial charge is 0.451 e. The van der Waals surface area contributed by atoms with Crippen molar-refractivity contribution >= 4 is 28.6 Å². The average Bonchev–Trinajstić information content (AvgIpc) is 2.83. The lowest BCUT2D eigenvalue weighted by Gasteiger charge is -2.53. The molecular weight excluding hydrogens is 369 g/mol. The van der Waals surface area contributed by atoms with Crippen LogP contribution in [0.5, 0.6) is 5.75 Å². The van der Waals surface area contributed by atoms with Gasteiger partial charge >= 0.3 is 6.35 Å². The van der Waals surface area contributed by atoms with Crippen LogP contribution in [0.2, 0.25) is 0 Å². The van der Waals surface area contributed by atoms with Gasteiger partial charge in [0.05, 0.1) is 5.56 Å². The van der Waals surface area contributed by atoms with Crippen LogP contribution in [-0.4, -0.2) is 28.4 Å². The molecule has 1 aliphatic heterocycles. The summed E-state index contributed by atoms with van der Waals surface area (Å²) in [5, 5.41) is 0. The standard InChI is InChI=1S/C25H22BN3O/c1-19-20-11-3-4-13-22(20)30(2)26(23-14-6-9-17-28-23,24-15-7-10-18-29-24)25(19)21-12-5-8-16-27-21/h3-18H,1-2H3. The molecule has 0 radical (unpaired) electrons. The number of benzene rings is 1. The minimum atomic E-state index is -1.73. The third kappa shape index (κ3) is 2.59. The van der Waals surface area contributed by atoms with Crippen LogP contribution in [-0.2, 0) is 4.28 Å². The molecule has 0 unspecified atom stereocenters. The van der Waals surface area contributed by atoms with E-state index in [0.717, 1.165) is 28.1 Å². The second-order valence-electron chi connectivity index (χ2n) is 7.60. The molecule has 0 N–H and O–H groups in total. The Kier molecular flexibility index (Phi) is 4.44. The van der Waals surface area contributed by atoms with E-state index in [1.54, 1.807) is 0 Å². The topological polar surface area (TPSA) is 41.4 Å². The molecule has 3 aromatic heterocycles.